The SMILES string of the molecule is CCC(=O)N1CCC(NC(=O)CCc2ccccc2N)C1.Cl. The lowest BCUT2D eigenvalue weighted by molar-refractivity contribution is -0.130. The van der Waals surface area contributed by atoms with Gasteiger partial charge < -0.3 is 16.0 Å². The van der Waals surface area contributed by atoms with Gasteiger partial charge in [-0.15, -0.1) is 12.4 Å². The summed E-state index contributed by atoms with van der Waals surface area (Å²) in [7, 11) is 0. The number of hydrogen-bond acceptors (Lipinski definition) is 3. The second kappa shape index (κ2) is 8.63. The van der Waals surface area contributed by atoms with Crippen LogP contribution in [0.4, 0.5) is 5.69 Å². The summed E-state index contributed by atoms with van der Waals surface area (Å²) in [5.41, 5.74) is 7.59. The van der Waals surface area contributed by atoms with E-state index in [0.29, 0.717) is 25.8 Å². The number of hydrogen-bond donors (Lipinski definition) is 2. The Balaban J connectivity index is 0.00000242. The quantitative estimate of drug-likeness (QED) is 0.810. The number of nitrogens with two attached hydrogens (primary N) is 1. The number of rotatable bonds is 5. The van der Waals surface area contributed by atoms with Crippen LogP contribution in [-0.4, -0.2) is 35.8 Å². The first kappa shape index (κ1) is 18.3. The van der Waals surface area contributed by atoms with Crippen LogP contribution in [0.3, 0.4) is 0 Å². The van der Waals surface area contributed by atoms with E-state index < -0.39 is 0 Å². The molecule has 122 valence electrons. The summed E-state index contributed by atoms with van der Waals surface area (Å²) < 4.78 is 0. The molecule has 1 atom stereocenters. The Hall–Kier alpha value is -1.75. The number of nitrogen functional groups attached to an aromatic ring is 1. The number of para-hydroxylation sites is 1. The van der Waals surface area contributed by atoms with Crippen molar-refractivity contribution in [1.29, 1.82) is 0 Å². The first-order valence-electron chi connectivity index (χ1n) is 7.50. The smallest absolute Gasteiger partial charge is 0.222 e. The second-order valence-corrected chi connectivity index (χ2v) is 5.45. The highest BCUT2D eigenvalue weighted by atomic mass is 35.5. The number of anilines is 1. The van der Waals surface area contributed by atoms with E-state index in [9.17, 15) is 9.59 Å². The summed E-state index contributed by atoms with van der Waals surface area (Å²) >= 11 is 0. The molecule has 2 amide bonds. The number of likely N-dealkylation sites (tertiary alicyclic amines) is 1. The van der Waals surface area contributed by atoms with E-state index in [1.165, 1.54) is 0 Å². The van der Waals surface area contributed by atoms with Gasteiger partial charge in [-0.25, -0.2) is 0 Å². The number of carbonyl (C=O) groups is 2. The van der Waals surface area contributed by atoms with Crippen LogP contribution in [0.15, 0.2) is 24.3 Å². The molecule has 2 rings (SSSR count). The molecule has 1 unspecified atom stereocenters. The van der Waals surface area contributed by atoms with Crippen LogP contribution in [-0.2, 0) is 16.0 Å². The fraction of sp³-hybridized carbons (Fsp3) is 0.500. The number of nitrogens with one attached hydrogen (secondary N) is 1. The summed E-state index contributed by atoms with van der Waals surface area (Å²) in [5, 5.41) is 3.00. The maximum absolute atomic E-state index is 12.0. The molecule has 0 aliphatic carbocycles. The summed E-state index contributed by atoms with van der Waals surface area (Å²) in [6, 6.07) is 7.69. The van der Waals surface area contributed by atoms with Crippen molar-refractivity contribution < 1.29 is 9.59 Å². The molecule has 3 N–H and O–H groups in total. The molecule has 22 heavy (non-hydrogen) atoms. The molecule has 1 aliphatic heterocycles. The zero-order valence-corrected chi connectivity index (χ0v) is 13.7. The van der Waals surface area contributed by atoms with Crippen molar-refractivity contribution in [1.82, 2.24) is 10.2 Å². The monoisotopic (exact) mass is 325 g/mol. The molecule has 1 aromatic rings. The van der Waals surface area contributed by atoms with Gasteiger partial charge in [0, 0.05) is 37.7 Å². The van der Waals surface area contributed by atoms with Crippen molar-refractivity contribution in [3.63, 3.8) is 0 Å². The van der Waals surface area contributed by atoms with E-state index in [2.05, 4.69) is 5.32 Å². The number of aryl methyl sites for hydroxylation is 1. The van der Waals surface area contributed by atoms with Crippen LogP contribution in [0, 0.1) is 0 Å². The largest absolute Gasteiger partial charge is 0.399 e. The number of halogens is 1. The van der Waals surface area contributed by atoms with Gasteiger partial charge in [-0.1, -0.05) is 25.1 Å². The summed E-state index contributed by atoms with van der Waals surface area (Å²) in [5.74, 6) is 0.179. The molecular weight excluding hydrogens is 302 g/mol. The van der Waals surface area contributed by atoms with Gasteiger partial charge in [-0.2, -0.15) is 0 Å². The van der Waals surface area contributed by atoms with Gasteiger partial charge in [0.2, 0.25) is 11.8 Å². The lowest BCUT2D eigenvalue weighted by atomic mass is 10.1. The minimum absolute atomic E-state index is 0. The van der Waals surface area contributed by atoms with Crippen LogP contribution in [0.25, 0.3) is 0 Å². The Morgan fingerprint density at radius 3 is 2.77 bits per heavy atom. The highest BCUT2D eigenvalue weighted by Gasteiger charge is 2.26. The van der Waals surface area contributed by atoms with E-state index in [-0.39, 0.29) is 30.3 Å². The molecule has 0 saturated carbocycles. The van der Waals surface area contributed by atoms with Gasteiger partial charge in [0.05, 0.1) is 0 Å². The van der Waals surface area contributed by atoms with Gasteiger partial charge >= 0.3 is 0 Å². The third-order valence-electron chi connectivity index (χ3n) is 3.89. The normalized spacial score (nSPS) is 17.0. The Kier molecular flexibility index (Phi) is 7.18. The van der Waals surface area contributed by atoms with E-state index in [0.717, 1.165) is 24.2 Å². The minimum Gasteiger partial charge on any atom is -0.399 e. The third-order valence-corrected chi connectivity index (χ3v) is 3.89. The number of carbonyl (C=O) groups excluding carboxylic acids is 2. The fourth-order valence-electron chi connectivity index (χ4n) is 2.64. The average molecular weight is 326 g/mol. The molecule has 1 fully saturated rings. The standard InChI is InChI=1S/C16H23N3O2.ClH/c1-2-16(21)19-10-9-13(11-19)18-15(20)8-7-12-5-3-4-6-14(12)17;/h3-6,13H,2,7-11,17H2,1H3,(H,18,20);1H. The van der Waals surface area contributed by atoms with E-state index in [1.807, 2.05) is 36.1 Å². The summed E-state index contributed by atoms with van der Waals surface area (Å²) in [6.07, 6.45) is 2.42. The Morgan fingerprint density at radius 1 is 1.36 bits per heavy atom. The zero-order valence-electron chi connectivity index (χ0n) is 12.9. The van der Waals surface area contributed by atoms with Crippen LogP contribution in [0.5, 0.6) is 0 Å². The lowest BCUT2D eigenvalue weighted by Crippen LogP contribution is -2.38. The van der Waals surface area contributed by atoms with E-state index in [4.69, 9.17) is 5.73 Å². The molecule has 1 saturated heterocycles. The molecule has 0 aromatic heterocycles. The van der Waals surface area contributed by atoms with Crippen molar-refractivity contribution >= 4 is 29.9 Å². The topological polar surface area (TPSA) is 75.4 Å². The minimum atomic E-state index is 0. The van der Waals surface area contributed by atoms with Crippen molar-refractivity contribution in [2.75, 3.05) is 18.8 Å². The van der Waals surface area contributed by atoms with Gasteiger partial charge in [0.1, 0.15) is 0 Å². The van der Waals surface area contributed by atoms with Crippen molar-refractivity contribution in [3.05, 3.63) is 29.8 Å². The highest BCUT2D eigenvalue weighted by molar-refractivity contribution is 5.85. The second-order valence-electron chi connectivity index (χ2n) is 5.45. The van der Waals surface area contributed by atoms with Gasteiger partial charge in [-0.05, 0) is 24.5 Å². The first-order valence-corrected chi connectivity index (χ1v) is 7.50. The Morgan fingerprint density at radius 2 is 2.09 bits per heavy atom. The first-order chi connectivity index (χ1) is 10.1. The Labute approximate surface area is 137 Å². The molecule has 0 spiro atoms. The number of benzene rings is 1. The Bertz CT molecular complexity index is 522. The maximum Gasteiger partial charge on any atom is 0.222 e. The van der Waals surface area contributed by atoms with Crippen LogP contribution >= 0.6 is 12.4 Å². The van der Waals surface area contributed by atoms with Gasteiger partial charge in [0.15, 0.2) is 0 Å². The average Bonchev–Trinajstić information content (AvgIpc) is 2.94. The summed E-state index contributed by atoms with van der Waals surface area (Å²) in [6.45, 7) is 3.23. The lowest BCUT2D eigenvalue weighted by Gasteiger charge is -2.16. The van der Waals surface area contributed by atoms with Gasteiger partial charge in [-0.3, -0.25) is 9.59 Å². The van der Waals surface area contributed by atoms with Crippen LogP contribution in [0.2, 0.25) is 0 Å². The van der Waals surface area contributed by atoms with Gasteiger partial charge in [0.25, 0.3) is 0 Å². The molecular formula is C16H24ClN3O2. The van der Waals surface area contributed by atoms with Crippen molar-refractivity contribution in [2.45, 2.75) is 38.6 Å². The summed E-state index contributed by atoms with van der Waals surface area (Å²) in [4.78, 5) is 25.4. The predicted octanol–water partition coefficient (Wildman–Crippen LogP) is 1.75. The molecule has 6 heteroatoms. The van der Waals surface area contributed by atoms with E-state index in [1.54, 1.807) is 0 Å². The molecule has 1 aliphatic rings. The van der Waals surface area contributed by atoms with Crippen molar-refractivity contribution in [2.24, 2.45) is 0 Å². The third kappa shape index (κ3) is 4.91. The highest BCUT2D eigenvalue weighted by Crippen LogP contribution is 2.14. The molecule has 5 nitrogen and oxygen atoms in total. The maximum atomic E-state index is 12.0. The van der Waals surface area contributed by atoms with Crippen LogP contribution in [0.1, 0.15) is 31.7 Å². The molecule has 0 radical (unpaired) electrons. The van der Waals surface area contributed by atoms with Crippen molar-refractivity contribution in [3.8, 4) is 0 Å². The fourth-order valence-corrected chi connectivity index (χ4v) is 2.64. The molecule has 1 heterocycles. The number of amides is 2. The zero-order chi connectivity index (χ0) is 15.2. The molecule has 1 aromatic carbocycles. The number of nitrogens with zero attached hydrogens (tertiary/aromatic N) is 1. The van der Waals surface area contributed by atoms with E-state index >= 15 is 0 Å². The molecule has 0 bridgehead atoms. The van der Waals surface area contributed by atoms with Crippen LogP contribution < -0.4 is 11.1 Å². The predicted molar refractivity (Wildman–Crippen MR) is 89.8 cm³/mol.